The highest BCUT2D eigenvalue weighted by atomic mass is 19.4. The monoisotopic (exact) mass is 520 g/mol. The van der Waals surface area contributed by atoms with Crippen molar-refractivity contribution in [1.29, 1.82) is 0 Å². The van der Waals surface area contributed by atoms with E-state index in [0.29, 0.717) is 44.3 Å². The zero-order valence-electron chi connectivity index (χ0n) is 21.7. The second-order valence-electron chi connectivity index (χ2n) is 9.96. The smallest absolute Gasteiger partial charge is 0.416 e. The molecule has 1 fully saturated rings. The van der Waals surface area contributed by atoms with Gasteiger partial charge in [-0.05, 0) is 57.2 Å². The highest BCUT2D eigenvalue weighted by Crippen LogP contribution is 2.40. The van der Waals surface area contributed by atoms with Gasteiger partial charge in [0.15, 0.2) is 5.65 Å². The van der Waals surface area contributed by atoms with Crippen LogP contribution in [-0.2, 0) is 15.7 Å². The number of piperidine rings is 1. The number of hydrogen-bond donors (Lipinski definition) is 0. The van der Waals surface area contributed by atoms with E-state index in [-0.39, 0.29) is 23.1 Å². The lowest BCUT2D eigenvalue weighted by Crippen LogP contribution is -2.49. The summed E-state index contributed by atoms with van der Waals surface area (Å²) in [6.45, 7) is 11.2. The van der Waals surface area contributed by atoms with Gasteiger partial charge >= 0.3 is 12.1 Å². The molecule has 1 aromatic carbocycles. The molecule has 0 bridgehead atoms. The Kier molecular flexibility index (Phi) is 7.23. The largest absolute Gasteiger partial charge is 0.466 e. The van der Waals surface area contributed by atoms with Gasteiger partial charge in [-0.15, -0.1) is 0 Å². The number of carbonyl (C=O) groups excluding carboxylic acids is 1. The lowest BCUT2D eigenvalue weighted by atomic mass is 9.77. The summed E-state index contributed by atoms with van der Waals surface area (Å²) in [5.74, 6) is -0.394. The van der Waals surface area contributed by atoms with E-state index in [1.165, 1.54) is 0 Å². The van der Waals surface area contributed by atoms with Gasteiger partial charge in [0.1, 0.15) is 11.6 Å². The summed E-state index contributed by atoms with van der Waals surface area (Å²) in [7, 11) is 0. The molecule has 0 N–H and O–H groups in total. The molecule has 0 aliphatic carbocycles. The van der Waals surface area contributed by atoms with Crippen molar-refractivity contribution in [2.75, 3.05) is 24.6 Å². The number of halogens is 4. The van der Waals surface area contributed by atoms with Gasteiger partial charge in [-0.2, -0.15) is 22.8 Å². The van der Waals surface area contributed by atoms with E-state index in [4.69, 9.17) is 4.74 Å². The van der Waals surface area contributed by atoms with Crippen LogP contribution in [0.25, 0.3) is 16.9 Å². The third-order valence-corrected chi connectivity index (χ3v) is 7.22. The molecule has 0 spiro atoms. The van der Waals surface area contributed by atoms with Crippen molar-refractivity contribution >= 4 is 17.4 Å². The first-order valence-electron chi connectivity index (χ1n) is 12.6. The molecule has 4 rings (SSSR count). The van der Waals surface area contributed by atoms with Crippen molar-refractivity contribution in [2.24, 2.45) is 5.41 Å². The Labute approximate surface area is 213 Å². The number of aryl methyl sites for hydroxylation is 1. The highest BCUT2D eigenvalue weighted by Gasteiger charge is 2.43. The van der Waals surface area contributed by atoms with E-state index >= 15 is 0 Å². The van der Waals surface area contributed by atoms with E-state index in [1.54, 1.807) is 17.5 Å². The lowest BCUT2D eigenvalue weighted by Gasteiger charge is -2.42. The number of hydrogen-bond acceptors (Lipinski definition) is 5. The Hall–Kier alpha value is -3.17. The fourth-order valence-corrected chi connectivity index (χ4v) is 5.32. The molecule has 1 aliphatic heterocycles. The van der Waals surface area contributed by atoms with E-state index in [1.807, 2.05) is 27.7 Å². The molecule has 1 aliphatic rings. The number of nitrogens with zero attached hydrogens (tertiary/aromatic N) is 4. The van der Waals surface area contributed by atoms with Gasteiger partial charge < -0.3 is 9.64 Å². The van der Waals surface area contributed by atoms with Gasteiger partial charge in [-0.25, -0.2) is 9.37 Å². The number of aromatic nitrogens is 3. The van der Waals surface area contributed by atoms with Gasteiger partial charge in [0.25, 0.3) is 0 Å². The summed E-state index contributed by atoms with van der Waals surface area (Å²) in [6.07, 6.45) is -2.54. The Morgan fingerprint density at radius 3 is 2.54 bits per heavy atom. The van der Waals surface area contributed by atoms with Crippen LogP contribution in [-0.4, -0.2) is 40.3 Å². The van der Waals surface area contributed by atoms with Gasteiger partial charge in [-0.1, -0.05) is 20.8 Å². The average molecular weight is 521 g/mol. The molecule has 0 amide bonds. The van der Waals surface area contributed by atoms with Crippen molar-refractivity contribution in [3.05, 3.63) is 46.9 Å². The SMILES string of the molecule is CCOC(=O)[C@@]1(CC)CCCN(c2c(C(C)C)c(C)nc3cc(-c4ccc(C(F)(F)F)cc4F)nn23)C1. The Balaban J connectivity index is 1.87. The van der Waals surface area contributed by atoms with Crippen LogP contribution in [0.2, 0.25) is 0 Å². The topological polar surface area (TPSA) is 59.7 Å². The van der Waals surface area contributed by atoms with E-state index < -0.39 is 23.0 Å². The van der Waals surface area contributed by atoms with Crippen molar-refractivity contribution in [1.82, 2.24) is 14.6 Å². The third kappa shape index (κ3) is 4.90. The Morgan fingerprint density at radius 2 is 1.95 bits per heavy atom. The van der Waals surface area contributed by atoms with Crippen LogP contribution in [0.4, 0.5) is 23.4 Å². The third-order valence-electron chi connectivity index (χ3n) is 7.22. The van der Waals surface area contributed by atoms with Crippen LogP contribution in [0.15, 0.2) is 24.3 Å². The molecular formula is C27H32F4N4O2. The lowest BCUT2D eigenvalue weighted by molar-refractivity contribution is -0.156. The molecule has 0 unspecified atom stereocenters. The van der Waals surface area contributed by atoms with E-state index in [9.17, 15) is 22.4 Å². The summed E-state index contributed by atoms with van der Waals surface area (Å²) < 4.78 is 61.0. The first-order chi connectivity index (χ1) is 17.4. The van der Waals surface area contributed by atoms with Crippen LogP contribution >= 0.6 is 0 Å². The summed E-state index contributed by atoms with van der Waals surface area (Å²) >= 11 is 0. The number of ether oxygens (including phenoxy) is 1. The fraction of sp³-hybridized carbons (Fsp3) is 0.519. The number of carbonyl (C=O) groups is 1. The van der Waals surface area contributed by atoms with Crippen LogP contribution in [0.5, 0.6) is 0 Å². The average Bonchev–Trinajstić information content (AvgIpc) is 3.25. The molecule has 37 heavy (non-hydrogen) atoms. The van der Waals surface area contributed by atoms with Crippen LogP contribution < -0.4 is 4.90 Å². The Bertz CT molecular complexity index is 1320. The molecular weight excluding hydrogens is 488 g/mol. The molecule has 0 radical (unpaired) electrons. The molecule has 3 heterocycles. The van der Waals surface area contributed by atoms with E-state index in [0.717, 1.165) is 35.6 Å². The molecule has 1 atom stereocenters. The zero-order valence-corrected chi connectivity index (χ0v) is 21.7. The predicted molar refractivity (Wildman–Crippen MR) is 133 cm³/mol. The summed E-state index contributed by atoms with van der Waals surface area (Å²) in [4.78, 5) is 19.8. The van der Waals surface area contributed by atoms with Crippen molar-refractivity contribution in [2.45, 2.75) is 66.0 Å². The molecule has 6 nitrogen and oxygen atoms in total. The van der Waals surface area contributed by atoms with Crippen molar-refractivity contribution in [3.8, 4) is 11.3 Å². The first-order valence-corrected chi connectivity index (χ1v) is 12.6. The van der Waals surface area contributed by atoms with Crippen LogP contribution in [0.1, 0.15) is 69.7 Å². The van der Waals surface area contributed by atoms with Gasteiger partial charge in [0, 0.05) is 36.0 Å². The quantitative estimate of drug-likeness (QED) is 0.273. The molecule has 3 aromatic rings. The maximum Gasteiger partial charge on any atom is 0.416 e. The number of benzene rings is 1. The Morgan fingerprint density at radius 1 is 1.22 bits per heavy atom. The van der Waals surface area contributed by atoms with Gasteiger partial charge in [0.05, 0.1) is 23.3 Å². The molecule has 200 valence electrons. The van der Waals surface area contributed by atoms with Crippen LogP contribution in [0.3, 0.4) is 0 Å². The molecule has 1 saturated heterocycles. The zero-order chi connectivity index (χ0) is 27.1. The normalized spacial score (nSPS) is 18.6. The van der Waals surface area contributed by atoms with Crippen molar-refractivity contribution < 1.29 is 27.1 Å². The summed E-state index contributed by atoms with van der Waals surface area (Å²) in [5, 5.41) is 4.62. The van der Waals surface area contributed by atoms with Gasteiger partial charge in [-0.3, -0.25) is 4.79 Å². The number of anilines is 1. The first kappa shape index (κ1) is 26.9. The predicted octanol–water partition coefficient (Wildman–Crippen LogP) is 6.55. The molecule has 2 aromatic heterocycles. The van der Waals surface area contributed by atoms with E-state index in [2.05, 4.69) is 15.0 Å². The summed E-state index contributed by atoms with van der Waals surface area (Å²) in [5.41, 5.74) is 0.603. The van der Waals surface area contributed by atoms with Gasteiger partial charge in [0.2, 0.25) is 0 Å². The minimum absolute atomic E-state index is 0.0405. The second-order valence-corrected chi connectivity index (χ2v) is 9.96. The molecule has 10 heteroatoms. The number of rotatable bonds is 6. The number of esters is 1. The maximum atomic E-state index is 14.8. The maximum absolute atomic E-state index is 14.8. The fourth-order valence-electron chi connectivity index (χ4n) is 5.32. The molecule has 0 saturated carbocycles. The second kappa shape index (κ2) is 9.95. The summed E-state index contributed by atoms with van der Waals surface area (Å²) in [6, 6.07) is 4.01. The highest BCUT2D eigenvalue weighted by molar-refractivity contribution is 5.78. The van der Waals surface area contributed by atoms with Crippen molar-refractivity contribution in [3.63, 3.8) is 0 Å². The number of alkyl halides is 3. The minimum Gasteiger partial charge on any atom is -0.466 e. The number of fused-ring (bicyclic) bond motifs is 1. The van der Waals surface area contributed by atoms with Crippen LogP contribution in [0, 0.1) is 18.2 Å². The minimum atomic E-state index is -4.64. The standard InChI is InChI=1S/C27H32F4N4O2/c1-6-26(25(36)37-7-2)11-8-12-34(15-26)24-23(16(3)4)17(5)32-22-14-21(33-35(22)24)19-10-9-18(13-20(19)28)27(29,30)31/h9-10,13-14,16H,6-8,11-12,15H2,1-5H3/t26-/m0/s1.